The highest BCUT2D eigenvalue weighted by Crippen LogP contribution is 2.52. The van der Waals surface area contributed by atoms with Gasteiger partial charge < -0.3 is 85.3 Å². The van der Waals surface area contributed by atoms with Crippen LogP contribution >= 0.6 is 0 Å². The topological polar surface area (TPSA) is 222 Å². The first-order valence-corrected chi connectivity index (χ1v) is 47.8. The summed E-state index contributed by atoms with van der Waals surface area (Å²) < 4.78 is 103. The van der Waals surface area contributed by atoms with Crippen LogP contribution in [0.2, 0.25) is 54.4 Å². The van der Waals surface area contributed by atoms with Crippen LogP contribution in [0.1, 0.15) is 205 Å². The van der Waals surface area contributed by atoms with E-state index in [1.54, 1.807) is 14.0 Å². The van der Waals surface area contributed by atoms with Crippen LogP contribution in [-0.2, 0) is 79.7 Å². The number of methoxy groups -OCH3 is 1. The number of aliphatic hydroxyl groups is 1. The Morgan fingerprint density at radius 3 is 1.91 bits per heavy atom. The van der Waals surface area contributed by atoms with Gasteiger partial charge in [0.2, 0.25) is 0 Å². The molecule has 0 radical (unpaired) electrons. The number of alkyl carbamates (subject to hydrolysis) is 1. The second-order valence-corrected chi connectivity index (χ2v) is 50.8. The number of hydrogen-bond acceptors (Lipinski definition) is 19. The lowest BCUT2D eigenvalue weighted by Gasteiger charge is -2.53. The summed E-state index contributed by atoms with van der Waals surface area (Å²) in [5.74, 6) is -1.70. The summed E-state index contributed by atoms with van der Waals surface area (Å²) in [5.41, 5.74) is 2.11. The number of rotatable bonds is 20. The van der Waals surface area contributed by atoms with E-state index < -0.39 is 97.9 Å². The van der Waals surface area contributed by atoms with E-state index in [9.17, 15) is 19.5 Å². The van der Waals surface area contributed by atoms with Crippen LogP contribution in [0.15, 0.2) is 36.5 Å². The smallest absolute Gasteiger partial charge is 0.407 e. The van der Waals surface area contributed by atoms with Gasteiger partial charge in [0, 0.05) is 70.4 Å². The van der Waals surface area contributed by atoms with E-state index in [-0.39, 0.29) is 138 Å². The number of allylic oxidation sites excluding steroid dienone is 1. The maximum absolute atomic E-state index is 14.8. The van der Waals surface area contributed by atoms with Crippen molar-refractivity contribution in [2.75, 3.05) is 20.3 Å². The summed E-state index contributed by atoms with van der Waals surface area (Å²) in [4.78, 5) is 40.5. The molecule has 0 aliphatic carbocycles. The number of carbonyl (C=O) groups is 3. The fourth-order valence-electron chi connectivity index (χ4n) is 16.8. The predicted molar refractivity (Wildman–Crippen MR) is 394 cm³/mol. The van der Waals surface area contributed by atoms with Crippen LogP contribution < -0.4 is 5.32 Å². The second kappa shape index (κ2) is 32.9. The number of ether oxygens (including phenoxy) is 12. The van der Waals surface area contributed by atoms with E-state index in [4.69, 9.17) is 70.1 Å². The number of carbonyl (C=O) groups excluding carboxylic acids is 3. The van der Waals surface area contributed by atoms with Crippen LogP contribution in [0.5, 0.6) is 0 Å². The molecule has 101 heavy (non-hydrogen) atoms. The van der Waals surface area contributed by atoms with Gasteiger partial charge in [-0.15, -0.1) is 0 Å². The number of fused-ring (bicyclic) bond motifs is 10. The summed E-state index contributed by atoms with van der Waals surface area (Å²) in [6.45, 7) is 49.3. The third-order valence-corrected chi connectivity index (χ3v) is 39.5. The van der Waals surface area contributed by atoms with Gasteiger partial charge in [-0.1, -0.05) is 101 Å². The quantitative estimate of drug-likeness (QED) is 0.0500. The van der Waals surface area contributed by atoms with Gasteiger partial charge in [-0.25, -0.2) is 4.79 Å². The molecule has 1 spiro atoms. The molecule has 10 heterocycles. The minimum atomic E-state index is -2.44. The maximum atomic E-state index is 14.8. The van der Waals surface area contributed by atoms with Crippen molar-refractivity contribution in [1.82, 2.24) is 5.32 Å². The van der Waals surface area contributed by atoms with Crippen molar-refractivity contribution >= 4 is 43.3 Å². The van der Waals surface area contributed by atoms with E-state index in [0.29, 0.717) is 77.0 Å². The zero-order valence-electron chi connectivity index (χ0n) is 65.2. The molecule has 0 aromatic carbocycles. The van der Waals surface area contributed by atoms with Crippen LogP contribution in [-0.4, -0.2) is 209 Å². The molecule has 10 aliphatic heterocycles. The molecule has 0 saturated carbocycles. The molecule has 10 fully saturated rings. The van der Waals surface area contributed by atoms with Crippen LogP contribution in [0.3, 0.4) is 0 Å². The first kappa shape index (κ1) is 81.2. The third-order valence-electron chi connectivity index (χ3n) is 26.0. The van der Waals surface area contributed by atoms with Crippen LogP contribution in [0.25, 0.3) is 0 Å². The number of aliphatic hydroxyl groups excluding tert-OH is 1. The summed E-state index contributed by atoms with van der Waals surface area (Å²) in [5, 5.41) is 14.8. The molecule has 10 bridgehead atoms. The Bertz CT molecular complexity index is 2840. The molecule has 23 heteroatoms. The molecule has 3 unspecified atom stereocenters. The molecule has 0 aromatic rings. The van der Waals surface area contributed by atoms with Gasteiger partial charge in [0.05, 0.1) is 123 Å². The van der Waals surface area contributed by atoms with E-state index in [2.05, 4.69) is 134 Å². The highest BCUT2D eigenvalue weighted by molar-refractivity contribution is 6.75. The summed E-state index contributed by atoms with van der Waals surface area (Å²) in [7, 11) is -5.32. The normalized spacial score (nSPS) is 39.8. The minimum absolute atomic E-state index is 0.0185. The zero-order chi connectivity index (χ0) is 73.5. The Morgan fingerprint density at radius 2 is 1.26 bits per heavy atom. The fourth-order valence-corrected chi connectivity index (χ4v) is 20.9. The summed E-state index contributed by atoms with van der Waals surface area (Å²) in [6, 6.07) is 0. The summed E-state index contributed by atoms with van der Waals surface area (Å²) in [6.07, 6.45) is 7.53. The van der Waals surface area contributed by atoms with Gasteiger partial charge >= 0.3 is 12.1 Å². The van der Waals surface area contributed by atoms with E-state index >= 15 is 0 Å². The third kappa shape index (κ3) is 19.4. The maximum Gasteiger partial charge on any atom is 0.407 e. The molecule has 10 saturated heterocycles. The lowest BCUT2D eigenvalue weighted by atomic mass is 9.79. The van der Waals surface area contributed by atoms with Crippen molar-refractivity contribution in [3.05, 3.63) is 36.5 Å². The van der Waals surface area contributed by atoms with Gasteiger partial charge in [-0.2, -0.15) is 0 Å². The minimum Gasteiger partial charge on any atom is -0.459 e. The number of aldehydes is 1. The van der Waals surface area contributed by atoms with Crippen LogP contribution in [0.4, 0.5) is 4.79 Å². The molecule has 10 rings (SSSR count). The SMILES string of the molecule is C=C1C[C@@H]2CC[C@]34C[C@@H](OC)[C@H](O3)[C@H]3C[C@@H](O4)[C@H]4O[C@H](CC[C@@H]4O3)CC(=O)O[C@@H]3[C@@H](C)[C@@H]4O[C@H](CC(O)/C=C/CCC(C=O)CC[C@@H]5O[C@H](CNC(=O)OCC)[C@H](O[Si](C)(C)C(C)(C)C)C[C@@H]5O[Si](C)(C)C(C)(C)C)C(O[Si](C)(C)C(C)(C)C)C[C@@H]4O[C@H]3C[C@H]3O[C@@H](CC[C@@H]1O2)C[C@@H](C)C3=C. The molecule has 2 N–H and O–H groups in total. The van der Waals surface area contributed by atoms with E-state index in [1.165, 1.54) is 0 Å². The van der Waals surface area contributed by atoms with Gasteiger partial charge in [0.1, 0.15) is 30.7 Å². The van der Waals surface area contributed by atoms with Gasteiger partial charge in [0.25, 0.3) is 0 Å². The lowest BCUT2D eigenvalue weighted by Crippen LogP contribution is -2.63. The monoisotopic (exact) mass is 1470 g/mol. The Balaban J connectivity index is 0.841. The van der Waals surface area contributed by atoms with Crippen LogP contribution in [0, 0.1) is 17.8 Å². The molecular formula is C78H133NO19Si3. The Labute approximate surface area is 609 Å². The highest BCUT2D eigenvalue weighted by atomic mass is 28.4. The number of nitrogens with one attached hydrogen (secondary N) is 1. The molecule has 1 amide bonds. The van der Waals surface area contributed by atoms with Crippen molar-refractivity contribution in [3.63, 3.8) is 0 Å². The van der Waals surface area contributed by atoms with Crippen molar-refractivity contribution in [1.29, 1.82) is 0 Å². The predicted octanol–water partition coefficient (Wildman–Crippen LogP) is 14.2. The number of esters is 1. The van der Waals surface area contributed by atoms with Crippen molar-refractivity contribution in [2.24, 2.45) is 17.8 Å². The largest absolute Gasteiger partial charge is 0.459 e. The number of amides is 1. The molecule has 0 aromatic heterocycles. The molecule has 26 atom stereocenters. The second-order valence-electron chi connectivity index (χ2n) is 36.5. The molecule has 576 valence electrons. The fraction of sp³-hybridized carbons (Fsp3) is 0.885. The van der Waals surface area contributed by atoms with Gasteiger partial charge in [-0.3, -0.25) is 4.79 Å². The number of hydrogen-bond donors (Lipinski definition) is 2. The van der Waals surface area contributed by atoms with Crippen molar-refractivity contribution in [2.45, 2.75) is 400 Å². The van der Waals surface area contributed by atoms with Gasteiger partial charge in [-0.05, 0) is 149 Å². The molecular weight excluding hydrogens is 1340 g/mol. The average Bonchev–Trinajstić information content (AvgIpc) is 1.72. The van der Waals surface area contributed by atoms with Crippen molar-refractivity contribution < 1.29 is 89.6 Å². The molecule has 10 aliphatic rings. The average molecular weight is 1470 g/mol. The molecule has 20 nitrogen and oxygen atoms in total. The first-order valence-electron chi connectivity index (χ1n) is 39.1. The lowest BCUT2D eigenvalue weighted by molar-refractivity contribution is -0.280. The first-order chi connectivity index (χ1) is 47.3. The standard InChI is InChI=1S/C78H133NO19Si3/c1-22-85-74(83)79-44-68-62(98-101(20,21)77(12,13)14)40-60(96-99(16,17)75(6,7)8)56(89-68)30-27-50(45-80)25-23-24-26-51(81)37-59-61(97-100(18,19)76(9,10)11)41-64-70(92-59)49(5)71-63(91-64)39-58-48(4)46(2)35-52(87-58)28-31-55-47(3)36-54(86-55)33-34-78-43-67(84-15)73(95-78)65-42-66(94-78)72-57(90-65)32-29-53(88-72)38-69(82)93-71/h24,26,45-46,49-68,70-73,81H,3-4,22-23,25,27-44H2,1-2,5-21H3,(H,79,83)/b26-24+/t46-,49+,50?,51?,52+,53-,54+,55+,56+,57+,58-,59-,60+,61?,62-,63+,64+,65-,66-,67-,68-,70+,71-,72+,73-,78-/m1/s1. The zero-order valence-corrected chi connectivity index (χ0v) is 68.2. The Hall–Kier alpha value is -2.28. The Kier molecular flexibility index (Phi) is 26.5. The summed E-state index contributed by atoms with van der Waals surface area (Å²) >= 11 is 0. The Morgan fingerprint density at radius 1 is 0.644 bits per heavy atom. The van der Waals surface area contributed by atoms with Gasteiger partial charge in [0.15, 0.2) is 30.7 Å². The van der Waals surface area contributed by atoms with E-state index in [0.717, 1.165) is 49.5 Å². The van der Waals surface area contributed by atoms with E-state index in [1.807, 2.05) is 12.2 Å². The highest BCUT2D eigenvalue weighted by Gasteiger charge is 2.61. The van der Waals surface area contributed by atoms with Crippen molar-refractivity contribution in [3.8, 4) is 0 Å².